The monoisotopic (exact) mass is 345 g/mol. The Morgan fingerprint density at radius 2 is 2.09 bits per heavy atom. The van der Waals surface area contributed by atoms with Gasteiger partial charge in [0.05, 0.1) is 25.4 Å². The summed E-state index contributed by atoms with van der Waals surface area (Å²) in [5.41, 5.74) is 0. The molecule has 0 radical (unpaired) electrons. The van der Waals surface area contributed by atoms with Gasteiger partial charge in [-0.3, -0.25) is 14.9 Å². The maximum absolute atomic E-state index is 12.0. The number of rotatable bonds is 7. The van der Waals surface area contributed by atoms with Crippen molar-refractivity contribution in [2.24, 2.45) is 0 Å². The number of likely N-dealkylation sites (tertiary alicyclic amines) is 1. The van der Waals surface area contributed by atoms with Gasteiger partial charge in [-0.25, -0.2) is 0 Å². The van der Waals surface area contributed by atoms with Gasteiger partial charge >= 0.3 is 5.97 Å². The molecule has 0 atom stereocenters. The summed E-state index contributed by atoms with van der Waals surface area (Å²) in [6.45, 7) is 4.74. The molecule has 1 aliphatic rings. The van der Waals surface area contributed by atoms with E-state index in [0.717, 1.165) is 13.1 Å². The zero-order chi connectivity index (χ0) is 15.8. The molecule has 2 N–H and O–H groups in total. The molecule has 22 heavy (non-hydrogen) atoms. The number of nitrogens with one attached hydrogen (secondary N) is 2. The average Bonchev–Trinajstić information content (AvgIpc) is 2.94. The lowest BCUT2D eigenvalue weighted by atomic mass is 10.1. The number of hydrogen-bond donors (Lipinski definition) is 2. The Hall–Kier alpha value is -1.19. The highest BCUT2D eigenvalue weighted by Crippen LogP contribution is 2.25. The van der Waals surface area contributed by atoms with E-state index in [9.17, 15) is 9.59 Å². The van der Waals surface area contributed by atoms with Crippen LogP contribution in [0.25, 0.3) is 0 Å². The van der Waals surface area contributed by atoms with E-state index in [1.807, 2.05) is 0 Å². The van der Waals surface area contributed by atoms with Gasteiger partial charge in [-0.05, 0) is 26.2 Å². The van der Waals surface area contributed by atoms with Gasteiger partial charge in [0.2, 0.25) is 5.13 Å². The van der Waals surface area contributed by atoms with Crippen molar-refractivity contribution in [3.05, 3.63) is 0 Å². The zero-order valence-corrected chi connectivity index (χ0v) is 14.2. The SMILES string of the molecule is CCOC(=O)CSc1nnc(NC(=O)C[NH+]2CCCCC2)s1. The molecule has 0 bridgehead atoms. The number of amides is 1. The number of anilines is 1. The third-order valence-electron chi connectivity index (χ3n) is 3.24. The summed E-state index contributed by atoms with van der Waals surface area (Å²) < 4.78 is 5.49. The maximum Gasteiger partial charge on any atom is 0.316 e. The van der Waals surface area contributed by atoms with E-state index in [1.54, 1.807) is 6.92 Å². The van der Waals surface area contributed by atoms with Crippen molar-refractivity contribution in [1.29, 1.82) is 0 Å². The van der Waals surface area contributed by atoms with Crippen molar-refractivity contribution in [3.63, 3.8) is 0 Å². The number of quaternary nitrogens is 1. The molecule has 1 amide bonds. The van der Waals surface area contributed by atoms with Crippen LogP contribution in [0, 0.1) is 0 Å². The molecule has 2 heterocycles. The van der Waals surface area contributed by atoms with E-state index >= 15 is 0 Å². The highest BCUT2D eigenvalue weighted by Gasteiger charge is 2.18. The van der Waals surface area contributed by atoms with Crippen LogP contribution in [-0.2, 0) is 14.3 Å². The van der Waals surface area contributed by atoms with E-state index in [-0.39, 0.29) is 17.6 Å². The topological polar surface area (TPSA) is 85.6 Å². The van der Waals surface area contributed by atoms with Crippen LogP contribution >= 0.6 is 23.1 Å². The number of carbonyl (C=O) groups excluding carboxylic acids is 2. The standard InChI is InChI=1S/C13H20N4O3S2/c1-2-20-11(19)9-21-13-16-15-12(22-13)14-10(18)8-17-6-4-3-5-7-17/h2-9H2,1H3,(H,14,15,18)/p+1. The maximum atomic E-state index is 12.0. The fourth-order valence-corrected chi connectivity index (χ4v) is 3.83. The molecule has 7 nitrogen and oxygen atoms in total. The lowest BCUT2D eigenvalue weighted by molar-refractivity contribution is -0.896. The predicted molar refractivity (Wildman–Crippen MR) is 85.3 cm³/mol. The summed E-state index contributed by atoms with van der Waals surface area (Å²) in [7, 11) is 0. The Morgan fingerprint density at radius 3 is 2.82 bits per heavy atom. The molecule has 1 aromatic heterocycles. The lowest BCUT2D eigenvalue weighted by Crippen LogP contribution is -3.13. The minimum absolute atomic E-state index is 0.0324. The second-order valence-electron chi connectivity index (χ2n) is 5.00. The molecular formula is C13H21N4O3S2+. The fraction of sp³-hybridized carbons (Fsp3) is 0.692. The normalized spacial score (nSPS) is 15.5. The lowest BCUT2D eigenvalue weighted by Gasteiger charge is -2.22. The van der Waals surface area contributed by atoms with Gasteiger partial charge in [-0.1, -0.05) is 23.1 Å². The van der Waals surface area contributed by atoms with Gasteiger partial charge in [-0.2, -0.15) is 0 Å². The van der Waals surface area contributed by atoms with Crippen molar-refractivity contribution in [2.75, 3.05) is 37.3 Å². The average molecular weight is 345 g/mol. The van der Waals surface area contributed by atoms with E-state index in [2.05, 4.69) is 15.5 Å². The minimum atomic E-state index is -0.276. The van der Waals surface area contributed by atoms with E-state index < -0.39 is 0 Å². The fourth-order valence-electron chi connectivity index (χ4n) is 2.26. The Morgan fingerprint density at radius 1 is 1.32 bits per heavy atom. The molecule has 0 saturated carbocycles. The Balaban J connectivity index is 1.73. The number of aromatic nitrogens is 2. The predicted octanol–water partition coefficient (Wildman–Crippen LogP) is 0.201. The molecule has 0 aliphatic carbocycles. The molecule has 1 aliphatic heterocycles. The number of nitrogens with zero attached hydrogens (tertiary/aromatic N) is 2. The Kier molecular flexibility index (Phi) is 7.07. The first kappa shape index (κ1) is 17.2. The van der Waals surface area contributed by atoms with Crippen molar-refractivity contribution in [3.8, 4) is 0 Å². The number of carbonyl (C=O) groups is 2. The highest BCUT2D eigenvalue weighted by molar-refractivity contribution is 8.01. The molecule has 1 saturated heterocycles. The minimum Gasteiger partial charge on any atom is -0.465 e. The molecule has 0 spiro atoms. The van der Waals surface area contributed by atoms with Crippen molar-refractivity contribution in [1.82, 2.24) is 10.2 Å². The second-order valence-corrected chi connectivity index (χ2v) is 7.20. The van der Waals surface area contributed by atoms with Crippen LogP contribution < -0.4 is 10.2 Å². The number of hydrogen-bond acceptors (Lipinski definition) is 7. The largest absolute Gasteiger partial charge is 0.465 e. The van der Waals surface area contributed by atoms with Crippen LogP contribution in [-0.4, -0.2) is 54.1 Å². The molecule has 0 aromatic carbocycles. The van der Waals surface area contributed by atoms with Crippen LogP contribution in [0.2, 0.25) is 0 Å². The summed E-state index contributed by atoms with van der Waals surface area (Å²) in [5.74, 6) is -0.106. The smallest absolute Gasteiger partial charge is 0.316 e. The summed E-state index contributed by atoms with van der Waals surface area (Å²) in [6, 6.07) is 0. The highest BCUT2D eigenvalue weighted by atomic mass is 32.2. The summed E-state index contributed by atoms with van der Waals surface area (Å²) in [6.07, 6.45) is 3.65. The molecule has 1 aromatic rings. The van der Waals surface area contributed by atoms with Gasteiger partial charge in [0.25, 0.3) is 5.91 Å². The van der Waals surface area contributed by atoms with Gasteiger partial charge in [-0.15, -0.1) is 10.2 Å². The first-order valence-electron chi connectivity index (χ1n) is 7.42. The number of thioether (sulfide) groups is 1. The van der Waals surface area contributed by atoms with Gasteiger partial charge in [0, 0.05) is 0 Å². The number of piperidine rings is 1. The van der Waals surface area contributed by atoms with Gasteiger partial charge in [0.15, 0.2) is 10.9 Å². The number of ether oxygens (including phenoxy) is 1. The summed E-state index contributed by atoms with van der Waals surface area (Å²) >= 11 is 2.54. The molecule has 0 unspecified atom stereocenters. The van der Waals surface area contributed by atoms with Crippen LogP contribution in [0.3, 0.4) is 0 Å². The van der Waals surface area contributed by atoms with Crippen LogP contribution in [0.4, 0.5) is 5.13 Å². The van der Waals surface area contributed by atoms with Crippen LogP contribution in [0.5, 0.6) is 0 Å². The van der Waals surface area contributed by atoms with Gasteiger partial charge in [0.1, 0.15) is 0 Å². The Labute approximate surface area is 137 Å². The third-order valence-corrected chi connectivity index (χ3v) is 5.19. The third kappa shape index (κ3) is 5.90. The first-order valence-corrected chi connectivity index (χ1v) is 9.23. The summed E-state index contributed by atoms with van der Waals surface area (Å²) in [4.78, 5) is 24.6. The zero-order valence-electron chi connectivity index (χ0n) is 12.6. The quantitative estimate of drug-likeness (QED) is 0.417. The number of esters is 1. The summed E-state index contributed by atoms with van der Waals surface area (Å²) in [5, 5.41) is 11.1. The molecule has 2 rings (SSSR count). The van der Waals surface area contributed by atoms with Gasteiger partial charge < -0.3 is 9.64 Å². The van der Waals surface area contributed by atoms with E-state index in [0.29, 0.717) is 22.6 Å². The molecule has 122 valence electrons. The molecule has 9 heteroatoms. The van der Waals surface area contributed by atoms with Crippen molar-refractivity contribution < 1.29 is 19.2 Å². The van der Waals surface area contributed by atoms with E-state index in [1.165, 1.54) is 47.3 Å². The Bertz CT molecular complexity index is 503. The molecule has 1 fully saturated rings. The molecular weight excluding hydrogens is 324 g/mol. The second kappa shape index (κ2) is 9.06. The van der Waals surface area contributed by atoms with Crippen LogP contribution in [0.15, 0.2) is 4.34 Å². The first-order chi connectivity index (χ1) is 10.7. The van der Waals surface area contributed by atoms with Crippen molar-refractivity contribution in [2.45, 2.75) is 30.5 Å². The van der Waals surface area contributed by atoms with Crippen LogP contribution in [0.1, 0.15) is 26.2 Å². The van der Waals surface area contributed by atoms with Crippen molar-refractivity contribution >= 4 is 40.1 Å². The van der Waals surface area contributed by atoms with E-state index in [4.69, 9.17) is 4.74 Å².